The summed E-state index contributed by atoms with van der Waals surface area (Å²) in [6.07, 6.45) is 3.73. The van der Waals surface area contributed by atoms with Gasteiger partial charge < -0.3 is 10.2 Å². The Labute approximate surface area is 126 Å². The van der Waals surface area contributed by atoms with Crippen molar-refractivity contribution in [2.45, 2.75) is 25.2 Å². The summed E-state index contributed by atoms with van der Waals surface area (Å²) in [7, 11) is 0. The zero-order valence-electron chi connectivity index (χ0n) is 12.4. The molecule has 0 aliphatic carbocycles. The van der Waals surface area contributed by atoms with Gasteiger partial charge in [-0.1, -0.05) is 30.3 Å². The van der Waals surface area contributed by atoms with E-state index in [1.165, 1.54) is 48.3 Å². The standard InChI is InChI=1S/C19H22N2/c1-2-5-15(6-3-1)17-10-12-21(14-17)18-8-9-19-16(13-18)7-4-11-20-19/h1-3,5-6,8-9,13,17,20H,4,7,10-12,14H2. The molecule has 2 heteroatoms. The minimum Gasteiger partial charge on any atom is -0.385 e. The Bertz CT molecular complexity index is 621. The van der Waals surface area contributed by atoms with E-state index in [0.29, 0.717) is 5.92 Å². The first-order chi connectivity index (χ1) is 10.4. The zero-order chi connectivity index (χ0) is 14.1. The first-order valence-electron chi connectivity index (χ1n) is 8.07. The Morgan fingerprint density at radius 1 is 1.05 bits per heavy atom. The van der Waals surface area contributed by atoms with Crippen molar-refractivity contribution < 1.29 is 0 Å². The molecule has 1 unspecified atom stereocenters. The molecule has 0 spiro atoms. The number of hydrogen-bond donors (Lipinski definition) is 1. The maximum Gasteiger partial charge on any atom is 0.0374 e. The van der Waals surface area contributed by atoms with Gasteiger partial charge in [-0.05, 0) is 48.6 Å². The van der Waals surface area contributed by atoms with E-state index in [1.807, 2.05) is 0 Å². The van der Waals surface area contributed by atoms with Crippen LogP contribution in [0.15, 0.2) is 48.5 Å². The maximum atomic E-state index is 3.50. The lowest BCUT2D eigenvalue weighted by Gasteiger charge is -2.23. The molecular weight excluding hydrogens is 256 g/mol. The lowest BCUT2D eigenvalue weighted by molar-refractivity contribution is 0.775. The number of fused-ring (bicyclic) bond motifs is 1. The smallest absolute Gasteiger partial charge is 0.0374 e. The van der Waals surface area contributed by atoms with Crippen LogP contribution in [0.5, 0.6) is 0 Å². The van der Waals surface area contributed by atoms with E-state index >= 15 is 0 Å². The highest BCUT2D eigenvalue weighted by Gasteiger charge is 2.24. The summed E-state index contributed by atoms with van der Waals surface area (Å²) in [5.74, 6) is 0.681. The molecule has 1 atom stereocenters. The molecule has 2 nitrogen and oxygen atoms in total. The van der Waals surface area contributed by atoms with Crippen molar-refractivity contribution >= 4 is 11.4 Å². The SMILES string of the molecule is c1ccc(C2CCN(c3ccc4c(c3)CCCN4)C2)cc1. The van der Waals surface area contributed by atoms with Crippen molar-refractivity contribution in [3.8, 4) is 0 Å². The average molecular weight is 278 g/mol. The second-order valence-corrected chi connectivity index (χ2v) is 6.21. The molecule has 2 aliphatic heterocycles. The van der Waals surface area contributed by atoms with Gasteiger partial charge in [-0.2, -0.15) is 0 Å². The van der Waals surface area contributed by atoms with Crippen LogP contribution >= 0.6 is 0 Å². The number of nitrogens with zero attached hydrogens (tertiary/aromatic N) is 1. The van der Waals surface area contributed by atoms with E-state index in [1.54, 1.807) is 0 Å². The summed E-state index contributed by atoms with van der Waals surface area (Å²) in [5.41, 5.74) is 5.71. The van der Waals surface area contributed by atoms with Crippen LogP contribution in [-0.4, -0.2) is 19.6 Å². The predicted molar refractivity (Wildman–Crippen MR) is 89.3 cm³/mol. The average Bonchev–Trinajstić information content (AvgIpc) is 3.05. The molecule has 0 bridgehead atoms. The van der Waals surface area contributed by atoms with Crippen LogP contribution in [0.1, 0.15) is 29.9 Å². The Kier molecular flexibility index (Phi) is 3.30. The topological polar surface area (TPSA) is 15.3 Å². The van der Waals surface area contributed by atoms with Gasteiger partial charge in [0.25, 0.3) is 0 Å². The van der Waals surface area contributed by atoms with E-state index < -0.39 is 0 Å². The van der Waals surface area contributed by atoms with Crippen LogP contribution in [0.2, 0.25) is 0 Å². The number of aryl methyl sites for hydroxylation is 1. The Hall–Kier alpha value is -1.96. The molecule has 1 N–H and O–H groups in total. The molecule has 21 heavy (non-hydrogen) atoms. The van der Waals surface area contributed by atoms with Crippen molar-refractivity contribution in [1.29, 1.82) is 0 Å². The van der Waals surface area contributed by atoms with Crippen molar-refractivity contribution in [1.82, 2.24) is 0 Å². The molecule has 0 amide bonds. The molecule has 2 heterocycles. The van der Waals surface area contributed by atoms with Crippen LogP contribution < -0.4 is 10.2 Å². The van der Waals surface area contributed by atoms with Crippen molar-refractivity contribution in [3.63, 3.8) is 0 Å². The van der Waals surface area contributed by atoms with Gasteiger partial charge in [0.2, 0.25) is 0 Å². The van der Waals surface area contributed by atoms with E-state index in [0.717, 1.165) is 13.1 Å². The second-order valence-electron chi connectivity index (χ2n) is 6.21. The van der Waals surface area contributed by atoms with Gasteiger partial charge in [0.05, 0.1) is 0 Å². The third kappa shape index (κ3) is 2.51. The van der Waals surface area contributed by atoms with Gasteiger partial charge in [-0.15, -0.1) is 0 Å². The van der Waals surface area contributed by atoms with Crippen LogP contribution in [0.4, 0.5) is 11.4 Å². The van der Waals surface area contributed by atoms with Crippen molar-refractivity contribution in [3.05, 3.63) is 59.7 Å². The first kappa shape index (κ1) is 12.8. The fraction of sp³-hybridized carbons (Fsp3) is 0.368. The predicted octanol–water partition coefficient (Wildman–Crippen LogP) is 4.04. The molecule has 4 rings (SSSR count). The fourth-order valence-electron chi connectivity index (χ4n) is 3.65. The highest BCUT2D eigenvalue weighted by Crippen LogP contribution is 2.33. The highest BCUT2D eigenvalue weighted by atomic mass is 15.1. The normalized spacial score (nSPS) is 21.0. The lowest BCUT2D eigenvalue weighted by Crippen LogP contribution is -2.20. The third-order valence-electron chi connectivity index (χ3n) is 4.85. The highest BCUT2D eigenvalue weighted by molar-refractivity contribution is 5.62. The molecular formula is C19H22N2. The van der Waals surface area contributed by atoms with Gasteiger partial charge in [-0.3, -0.25) is 0 Å². The minimum absolute atomic E-state index is 0.681. The maximum absolute atomic E-state index is 3.50. The summed E-state index contributed by atoms with van der Waals surface area (Å²) in [4.78, 5) is 2.55. The molecule has 2 aromatic rings. The largest absolute Gasteiger partial charge is 0.385 e. The fourth-order valence-corrected chi connectivity index (χ4v) is 3.65. The molecule has 0 aromatic heterocycles. The van der Waals surface area contributed by atoms with E-state index in [2.05, 4.69) is 58.7 Å². The summed E-state index contributed by atoms with van der Waals surface area (Å²) in [6, 6.07) is 17.9. The monoisotopic (exact) mass is 278 g/mol. The molecule has 1 saturated heterocycles. The van der Waals surface area contributed by atoms with Gasteiger partial charge in [0, 0.05) is 36.9 Å². The Morgan fingerprint density at radius 3 is 2.86 bits per heavy atom. The van der Waals surface area contributed by atoms with E-state index in [9.17, 15) is 0 Å². The van der Waals surface area contributed by atoms with Crippen LogP contribution in [0.3, 0.4) is 0 Å². The quantitative estimate of drug-likeness (QED) is 0.892. The molecule has 0 radical (unpaired) electrons. The summed E-state index contributed by atoms with van der Waals surface area (Å²) in [6.45, 7) is 3.44. The minimum atomic E-state index is 0.681. The molecule has 108 valence electrons. The van der Waals surface area contributed by atoms with Crippen molar-refractivity contribution in [2.24, 2.45) is 0 Å². The Morgan fingerprint density at radius 2 is 1.95 bits per heavy atom. The summed E-state index contributed by atoms with van der Waals surface area (Å²) in [5, 5.41) is 3.50. The second kappa shape index (κ2) is 5.44. The molecule has 1 fully saturated rings. The number of hydrogen-bond acceptors (Lipinski definition) is 2. The molecule has 0 saturated carbocycles. The third-order valence-corrected chi connectivity index (χ3v) is 4.85. The van der Waals surface area contributed by atoms with Gasteiger partial charge in [-0.25, -0.2) is 0 Å². The van der Waals surface area contributed by atoms with E-state index in [-0.39, 0.29) is 0 Å². The molecule has 2 aromatic carbocycles. The van der Waals surface area contributed by atoms with Crippen LogP contribution in [0, 0.1) is 0 Å². The number of rotatable bonds is 2. The van der Waals surface area contributed by atoms with Gasteiger partial charge in [0.15, 0.2) is 0 Å². The van der Waals surface area contributed by atoms with E-state index in [4.69, 9.17) is 0 Å². The molecule has 2 aliphatic rings. The summed E-state index contributed by atoms with van der Waals surface area (Å²) < 4.78 is 0. The van der Waals surface area contributed by atoms with Crippen LogP contribution in [-0.2, 0) is 6.42 Å². The summed E-state index contributed by atoms with van der Waals surface area (Å²) >= 11 is 0. The van der Waals surface area contributed by atoms with Gasteiger partial charge >= 0.3 is 0 Å². The number of benzene rings is 2. The lowest BCUT2D eigenvalue weighted by atomic mass is 9.99. The van der Waals surface area contributed by atoms with Gasteiger partial charge in [0.1, 0.15) is 0 Å². The van der Waals surface area contributed by atoms with Crippen LogP contribution in [0.25, 0.3) is 0 Å². The first-order valence-corrected chi connectivity index (χ1v) is 8.07. The number of anilines is 2. The number of nitrogens with one attached hydrogen (secondary N) is 1. The Balaban J connectivity index is 1.53. The zero-order valence-corrected chi connectivity index (χ0v) is 12.4. The van der Waals surface area contributed by atoms with Crippen molar-refractivity contribution in [2.75, 3.05) is 29.9 Å².